The average molecular weight is 421 g/mol. The highest BCUT2D eigenvalue weighted by Gasteiger charge is 2.49. The number of rotatable bonds is 3. The van der Waals surface area contributed by atoms with Gasteiger partial charge in [0.2, 0.25) is 5.95 Å². The third-order valence-corrected chi connectivity index (χ3v) is 7.97. The standard InChI is InChI=1S/C22H24N6OS/c1-12-7-16-18(30-13(2)24-16)8-15(12)25-20-23-11-17-19(26-20)28(21(29)27(17)3)14-9-22(10-14)5-4-6-22/h7-8,11,14H,4-6,9-10H2,1-3H3,(H,23,25,26). The van der Waals surface area contributed by atoms with E-state index in [2.05, 4.69) is 34.3 Å². The topological polar surface area (TPSA) is 77.6 Å². The molecule has 1 aromatic carbocycles. The molecule has 1 N–H and O–H groups in total. The van der Waals surface area contributed by atoms with Crippen molar-refractivity contribution in [3.8, 4) is 0 Å². The maximum Gasteiger partial charge on any atom is 0.330 e. The van der Waals surface area contributed by atoms with Gasteiger partial charge < -0.3 is 5.32 Å². The summed E-state index contributed by atoms with van der Waals surface area (Å²) in [5, 5.41) is 4.42. The number of anilines is 2. The third-order valence-electron chi connectivity index (χ3n) is 7.04. The highest BCUT2D eigenvalue weighted by atomic mass is 32.1. The second-order valence-corrected chi connectivity index (χ2v) is 10.3. The number of nitrogens with one attached hydrogen (secondary N) is 1. The first-order valence-corrected chi connectivity index (χ1v) is 11.3. The molecule has 2 aliphatic carbocycles. The molecular weight excluding hydrogens is 396 g/mol. The van der Waals surface area contributed by atoms with Crippen LogP contribution in [0.25, 0.3) is 21.4 Å². The average Bonchev–Trinajstić information content (AvgIpc) is 3.11. The van der Waals surface area contributed by atoms with Crippen molar-refractivity contribution < 1.29 is 0 Å². The van der Waals surface area contributed by atoms with E-state index in [0.29, 0.717) is 11.4 Å². The van der Waals surface area contributed by atoms with Gasteiger partial charge in [0.25, 0.3) is 0 Å². The lowest BCUT2D eigenvalue weighted by atomic mass is 9.54. The first kappa shape index (κ1) is 18.1. The molecule has 0 aliphatic heterocycles. The molecule has 7 nitrogen and oxygen atoms in total. The van der Waals surface area contributed by atoms with E-state index in [0.717, 1.165) is 50.5 Å². The van der Waals surface area contributed by atoms with Gasteiger partial charge in [-0.25, -0.2) is 14.8 Å². The van der Waals surface area contributed by atoms with Gasteiger partial charge in [0, 0.05) is 18.8 Å². The normalized spacial score (nSPS) is 18.1. The summed E-state index contributed by atoms with van der Waals surface area (Å²) in [6, 6.07) is 4.44. The van der Waals surface area contributed by atoms with Crippen LogP contribution in [-0.4, -0.2) is 24.1 Å². The second-order valence-electron chi connectivity index (χ2n) is 9.02. The van der Waals surface area contributed by atoms with Crippen molar-refractivity contribution in [1.29, 1.82) is 0 Å². The van der Waals surface area contributed by atoms with Crippen LogP contribution in [0.15, 0.2) is 23.1 Å². The molecule has 3 aromatic heterocycles. The minimum atomic E-state index is 0.00774. The highest BCUT2D eigenvalue weighted by molar-refractivity contribution is 7.18. The Morgan fingerprint density at radius 3 is 2.73 bits per heavy atom. The number of nitrogens with zero attached hydrogens (tertiary/aromatic N) is 5. The fraction of sp³-hybridized carbons (Fsp3) is 0.455. The number of benzene rings is 1. The first-order chi connectivity index (χ1) is 14.4. The van der Waals surface area contributed by atoms with Gasteiger partial charge in [-0.2, -0.15) is 4.98 Å². The van der Waals surface area contributed by atoms with Gasteiger partial charge in [-0.1, -0.05) is 6.42 Å². The summed E-state index contributed by atoms with van der Waals surface area (Å²) in [5.41, 5.74) is 5.09. The summed E-state index contributed by atoms with van der Waals surface area (Å²) in [6.07, 6.45) is 7.90. The zero-order valence-corrected chi connectivity index (χ0v) is 18.2. The number of hydrogen-bond acceptors (Lipinski definition) is 6. The van der Waals surface area contributed by atoms with E-state index in [1.807, 2.05) is 11.5 Å². The summed E-state index contributed by atoms with van der Waals surface area (Å²) in [5.74, 6) is 0.517. The van der Waals surface area contributed by atoms with Crippen LogP contribution in [0.4, 0.5) is 11.6 Å². The molecule has 30 heavy (non-hydrogen) atoms. The van der Waals surface area contributed by atoms with E-state index >= 15 is 0 Å². The summed E-state index contributed by atoms with van der Waals surface area (Å²) in [4.78, 5) is 26.8. The number of aromatic nitrogens is 5. The molecule has 8 heteroatoms. The van der Waals surface area contributed by atoms with Crippen LogP contribution in [0.5, 0.6) is 0 Å². The van der Waals surface area contributed by atoms with Crippen molar-refractivity contribution >= 4 is 44.4 Å². The van der Waals surface area contributed by atoms with Crippen molar-refractivity contribution in [2.24, 2.45) is 12.5 Å². The Morgan fingerprint density at radius 2 is 2.00 bits per heavy atom. The number of aryl methyl sites for hydroxylation is 3. The molecule has 0 saturated heterocycles. The van der Waals surface area contributed by atoms with E-state index in [1.165, 1.54) is 19.3 Å². The van der Waals surface area contributed by atoms with Crippen molar-refractivity contribution in [3.05, 3.63) is 39.4 Å². The van der Waals surface area contributed by atoms with E-state index < -0.39 is 0 Å². The maximum atomic E-state index is 12.9. The lowest BCUT2D eigenvalue weighted by Crippen LogP contribution is -2.46. The van der Waals surface area contributed by atoms with Crippen LogP contribution in [-0.2, 0) is 7.05 Å². The van der Waals surface area contributed by atoms with Crippen LogP contribution >= 0.6 is 11.3 Å². The lowest BCUT2D eigenvalue weighted by molar-refractivity contribution is -0.0173. The minimum absolute atomic E-state index is 0.00774. The molecule has 6 rings (SSSR count). The fourth-order valence-corrected chi connectivity index (χ4v) is 6.03. The third kappa shape index (κ3) is 2.56. The smallest absolute Gasteiger partial charge is 0.324 e. The fourth-order valence-electron chi connectivity index (χ4n) is 5.18. The Morgan fingerprint density at radius 1 is 1.20 bits per heavy atom. The molecular formula is C22H24N6OS. The number of fused-ring (bicyclic) bond motifs is 2. The van der Waals surface area contributed by atoms with Crippen LogP contribution in [0.3, 0.4) is 0 Å². The summed E-state index contributed by atoms with van der Waals surface area (Å²) >= 11 is 1.68. The van der Waals surface area contributed by atoms with Crippen LogP contribution < -0.4 is 11.0 Å². The maximum absolute atomic E-state index is 12.9. The molecule has 2 aliphatic rings. The zero-order valence-electron chi connectivity index (χ0n) is 17.4. The Bertz CT molecular complexity index is 1370. The van der Waals surface area contributed by atoms with Gasteiger partial charge >= 0.3 is 5.69 Å². The molecule has 1 spiro atoms. The van der Waals surface area contributed by atoms with E-state index in [-0.39, 0.29) is 11.7 Å². The van der Waals surface area contributed by atoms with Gasteiger partial charge in [-0.3, -0.25) is 9.13 Å². The monoisotopic (exact) mass is 420 g/mol. The van der Waals surface area contributed by atoms with Crippen LogP contribution in [0.1, 0.15) is 48.7 Å². The van der Waals surface area contributed by atoms with Crippen molar-refractivity contribution in [1.82, 2.24) is 24.1 Å². The van der Waals surface area contributed by atoms with E-state index in [4.69, 9.17) is 4.98 Å². The molecule has 0 atom stereocenters. The summed E-state index contributed by atoms with van der Waals surface area (Å²) < 4.78 is 4.70. The zero-order chi connectivity index (χ0) is 20.6. The molecule has 4 aromatic rings. The molecule has 3 heterocycles. The SMILES string of the molecule is Cc1nc2cc(C)c(Nc3ncc4c(n3)n(C3CC5(CCC5)C3)c(=O)n4C)cc2s1. The Kier molecular flexibility index (Phi) is 3.69. The van der Waals surface area contributed by atoms with Gasteiger partial charge in [-0.15, -0.1) is 11.3 Å². The molecule has 0 unspecified atom stereocenters. The van der Waals surface area contributed by atoms with Gasteiger partial charge in [0.1, 0.15) is 5.52 Å². The second kappa shape index (κ2) is 6.14. The lowest BCUT2D eigenvalue weighted by Gasteiger charge is -2.54. The predicted molar refractivity (Wildman–Crippen MR) is 120 cm³/mol. The first-order valence-electron chi connectivity index (χ1n) is 10.5. The molecule has 154 valence electrons. The molecule has 0 bridgehead atoms. The summed E-state index contributed by atoms with van der Waals surface area (Å²) in [7, 11) is 1.81. The van der Waals surface area contributed by atoms with Gasteiger partial charge in [-0.05, 0) is 62.6 Å². The Labute approximate surface area is 177 Å². The van der Waals surface area contributed by atoms with E-state index in [9.17, 15) is 4.79 Å². The van der Waals surface area contributed by atoms with E-state index in [1.54, 1.807) is 29.1 Å². The summed E-state index contributed by atoms with van der Waals surface area (Å²) in [6.45, 7) is 4.08. The Balaban J connectivity index is 1.39. The van der Waals surface area contributed by atoms with Crippen molar-refractivity contribution in [3.63, 3.8) is 0 Å². The van der Waals surface area contributed by atoms with Crippen LogP contribution in [0.2, 0.25) is 0 Å². The van der Waals surface area contributed by atoms with Gasteiger partial charge in [0.05, 0.1) is 21.4 Å². The molecule has 2 saturated carbocycles. The quantitative estimate of drug-likeness (QED) is 0.524. The molecule has 0 radical (unpaired) electrons. The number of imidazole rings is 1. The largest absolute Gasteiger partial charge is 0.330 e. The van der Waals surface area contributed by atoms with Crippen molar-refractivity contribution in [2.45, 2.75) is 52.0 Å². The Hall–Kier alpha value is -2.74. The van der Waals surface area contributed by atoms with Gasteiger partial charge in [0.15, 0.2) is 5.65 Å². The van der Waals surface area contributed by atoms with Crippen molar-refractivity contribution in [2.75, 3.05) is 5.32 Å². The number of hydrogen-bond donors (Lipinski definition) is 1. The molecule has 0 amide bonds. The predicted octanol–water partition coefficient (Wildman–Crippen LogP) is 4.61. The molecule has 2 fully saturated rings. The highest BCUT2D eigenvalue weighted by Crippen LogP contribution is 2.60. The van der Waals surface area contributed by atoms with Crippen LogP contribution in [0, 0.1) is 19.3 Å². The minimum Gasteiger partial charge on any atom is -0.324 e. The number of thiazole rings is 1.